The predicted molar refractivity (Wildman–Crippen MR) is 88.0 cm³/mol. The highest BCUT2D eigenvalue weighted by atomic mass is 16.5. The molecule has 0 saturated heterocycles. The third kappa shape index (κ3) is 6.12. The van der Waals surface area contributed by atoms with Gasteiger partial charge in [0.2, 0.25) is 0 Å². The van der Waals surface area contributed by atoms with Crippen LogP contribution in [0.5, 0.6) is 5.75 Å². The van der Waals surface area contributed by atoms with Crippen molar-refractivity contribution in [2.24, 2.45) is 0 Å². The molecule has 0 aromatic heterocycles. The molecule has 1 unspecified atom stereocenters. The number of ether oxygens (including phenoxy) is 2. The third-order valence-electron chi connectivity index (χ3n) is 2.91. The second-order valence-corrected chi connectivity index (χ2v) is 5.26. The summed E-state index contributed by atoms with van der Waals surface area (Å²) in [7, 11) is 0. The van der Waals surface area contributed by atoms with Crippen molar-refractivity contribution < 1.29 is 24.2 Å². The molecule has 1 rings (SSSR count). The molecule has 0 spiro atoms. The normalized spacial score (nSPS) is 11.8. The van der Waals surface area contributed by atoms with Crippen molar-refractivity contribution in [3.05, 3.63) is 36.4 Å². The van der Waals surface area contributed by atoms with Gasteiger partial charge in [0.15, 0.2) is 0 Å². The summed E-state index contributed by atoms with van der Waals surface area (Å²) < 4.78 is 11.0. The van der Waals surface area contributed by atoms with Gasteiger partial charge < -0.3 is 19.9 Å². The number of hydrogen-bond donors (Lipinski definition) is 2. The minimum absolute atomic E-state index is 0.0663. The van der Waals surface area contributed by atoms with Crippen molar-refractivity contribution in [2.45, 2.75) is 39.4 Å². The van der Waals surface area contributed by atoms with E-state index in [9.17, 15) is 9.59 Å². The smallest absolute Gasteiger partial charge is 0.335 e. The standard InChI is InChI=1S/C17H23NO5/c1-5-6-9-22-12(4)16(19)18-14-10-13(17(20)21)7-8-15(14)23-11(2)3/h5,7-8,10-12H,1,6,9H2,2-4H3,(H,18,19)(H,20,21). The average Bonchev–Trinajstić information content (AvgIpc) is 2.48. The predicted octanol–water partition coefficient (Wildman–Crippen LogP) is 3.09. The van der Waals surface area contributed by atoms with E-state index >= 15 is 0 Å². The van der Waals surface area contributed by atoms with Gasteiger partial charge in [-0.15, -0.1) is 6.58 Å². The summed E-state index contributed by atoms with van der Waals surface area (Å²) in [6.45, 7) is 9.29. The van der Waals surface area contributed by atoms with Crippen LogP contribution < -0.4 is 10.1 Å². The summed E-state index contributed by atoms with van der Waals surface area (Å²) in [5.41, 5.74) is 0.374. The Morgan fingerprint density at radius 2 is 2.04 bits per heavy atom. The Hall–Kier alpha value is -2.34. The summed E-state index contributed by atoms with van der Waals surface area (Å²) in [5.74, 6) is -1.03. The van der Waals surface area contributed by atoms with Crippen LogP contribution in [0.25, 0.3) is 0 Å². The first kappa shape index (κ1) is 18.7. The van der Waals surface area contributed by atoms with Crippen LogP contribution in [0.4, 0.5) is 5.69 Å². The van der Waals surface area contributed by atoms with Gasteiger partial charge in [-0.25, -0.2) is 4.79 Å². The number of aromatic carboxylic acids is 1. The number of carbonyl (C=O) groups is 2. The molecule has 0 aliphatic carbocycles. The largest absolute Gasteiger partial charge is 0.489 e. The monoisotopic (exact) mass is 321 g/mol. The highest BCUT2D eigenvalue weighted by Gasteiger charge is 2.17. The van der Waals surface area contributed by atoms with Crippen molar-refractivity contribution >= 4 is 17.6 Å². The van der Waals surface area contributed by atoms with E-state index in [2.05, 4.69) is 11.9 Å². The maximum Gasteiger partial charge on any atom is 0.335 e. The van der Waals surface area contributed by atoms with Crippen LogP contribution in [-0.2, 0) is 9.53 Å². The molecule has 0 bridgehead atoms. The Kier molecular flexibility index (Phi) is 7.28. The number of anilines is 1. The molecule has 0 fully saturated rings. The van der Waals surface area contributed by atoms with Crippen molar-refractivity contribution in [1.29, 1.82) is 0 Å². The van der Waals surface area contributed by atoms with Crippen LogP contribution in [0.3, 0.4) is 0 Å². The zero-order valence-corrected chi connectivity index (χ0v) is 13.7. The molecule has 126 valence electrons. The van der Waals surface area contributed by atoms with Crippen molar-refractivity contribution in [3.63, 3.8) is 0 Å². The Morgan fingerprint density at radius 1 is 1.35 bits per heavy atom. The molecule has 2 N–H and O–H groups in total. The van der Waals surface area contributed by atoms with Gasteiger partial charge in [-0.2, -0.15) is 0 Å². The van der Waals surface area contributed by atoms with Crippen molar-refractivity contribution in [3.8, 4) is 5.75 Å². The Balaban J connectivity index is 2.90. The van der Waals surface area contributed by atoms with Crippen LogP contribution in [0.1, 0.15) is 37.6 Å². The highest BCUT2D eigenvalue weighted by molar-refractivity contribution is 5.97. The molecular formula is C17H23NO5. The fourth-order valence-corrected chi connectivity index (χ4v) is 1.76. The fourth-order valence-electron chi connectivity index (χ4n) is 1.76. The van der Waals surface area contributed by atoms with Gasteiger partial charge in [-0.05, 0) is 45.4 Å². The average molecular weight is 321 g/mol. The van der Waals surface area contributed by atoms with Crippen LogP contribution in [-0.4, -0.2) is 35.8 Å². The molecule has 6 nitrogen and oxygen atoms in total. The summed E-state index contributed by atoms with van der Waals surface area (Å²) >= 11 is 0. The minimum atomic E-state index is -1.08. The second kappa shape index (κ2) is 8.95. The first-order valence-corrected chi connectivity index (χ1v) is 7.42. The molecule has 0 heterocycles. The molecule has 0 radical (unpaired) electrons. The van der Waals surface area contributed by atoms with Crippen molar-refractivity contribution in [2.75, 3.05) is 11.9 Å². The van der Waals surface area contributed by atoms with E-state index in [1.165, 1.54) is 18.2 Å². The molecular weight excluding hydrogens is 298 g/mol. The number of amides is 1. The Bertz CT molecular complexity index is 568. The summed E-state index contributed by atoms with van der Waals surface area (Å²) in [5, 5.41) is 11.7. The lowest BCUT2D eigenvalue weighted by Gasteiger charge is -2.17. The van der Waals surface area contributed by atoms with E-state index in [0.29, 0.717) is 24.5 Å². The van der Waals surface area contributed by atoms with Gasteiger partial charge in [-0.3, -0.25) is 4.79 Å². The lowest BCUT2D eigenvalue weighted by molar-refractivity contribution is -0.126. The molecule has 23 heavy (non-hydrogen) atoms. The maximum absolute atomic E-state index is 12.2. The Labute approximate surface area is 136 Å². The first-order chi connectivity index (χ1) is 10.8. The molecule has 0 aliphatic heterocycles. The number of carboxylic acids is 1. The molecule has 1 amide bonds. The maximum atomic E-state index is 12.2. The number of benzene rings is 1. The number of hydrogen-bond acceptors (Lipinski definition) is 4. The first-order valence-electron chi connectivity index (χ1n) is 7.42. The van der Waals surface area contributed by atoms with Gasteiger partial charge in [-0.1, -0.05) is 6.08 Å². The molecule has 0 aliphatic rings. The summed E-state index contributed by atoms with van der Waals surface area (Å²) in [4.78, 5) is 23.3. The number of rotatable bonds is 9. The van der Waals surface area contributed by atoms with Gasteiger partial charge in [0.05, 0.1) is 24.0 Å². The number of carboxylic acid groups (broad SMARTS) is 1. The highest BCUT2D eigenvalue weighted by Crippen LogP contribution is 2.27. The Morgan fingerprint density at radius 3 is 2.61 bits per heavy atom. The van der Waals surface area contributed by atoms with E-state index < -0.39 is 12.1 Å². The summed E-state index contributed by atoms with van der Waals surface area (Å²) in [6, 6.07) is 4.33. The minimum Gasteiger partial charge on any atom is -0.489 e. The molecule has 1 atom stereocenters. The number of nitrogens with one attached hydrogen (secondary N) is 1. The zero-order valence-electron chi connectivity index (χ0n) is 13.7. The lowest BCUT2D eigenvalue weighted by Crippen LogP contribution is -2.28. The quantitative estimate of drug-likeness (QED) is 0.539. The topological polar surface area (TPSA) is 84.9 Å². The lowest BCUT2D eigenvalue weighted by atomic mass is 10.1. The van der Waals surface area contributed by atoms with Crippen LogP contribution in [0.2, 0.25) is 0 Å². The van der Waals surface area contributed by atoms with Crippen molar-refractivity contribution in [1.82, 2.24) is 0 Å². The molecule has 6 heteroatoms. The SMILES string of the molecule is C=CCCOC(C)C(=O)Nc1cc(C(=O)O)ccc1OC(C)C. The van der Waals surface area contributed by atoms with E-state index in [4.69, 9.17) is 14.6 Å². The fraction of sp³-hybridized carbons (Fsp3) is 0.412. The second-order valence-electron chi connectivity index (χ2n) is 5.26. The third-order valence-corrected chi connectivity index (χ3v) is 2.91. The van der Waals surface area contributed by atoms with Crippen LogP contribution in [0, 0.1) is 0 Å². The zero-order chi connectivity index (χ0) is 17.4. The van der Waals surface area contributed by atoms with Gasteiger partial charge >= 0.3 is 5.97 Å². The van der Waals surface area contributed by atoms with Gasteiger partial charge in [0.25, 0.3) is 5.91 Å². The van der Waals surface area contributed by atoms with E-state index in [1.54, 1.807) is 13.0 Å². The summed E-state index contributed by atoms with van der Waals surface area (Å²) in [6.07, 6.45) is 1.57. The van der Waals surface area contributed by atoms with Crippen LogP contribution in [0.15, 0.2) is 30.9 Å². The van der Waals surface area contributed by atoms with E-state index in [-0.39, 0.29) is 17.6 Å². The van der Waals surface area contributed by atoms with Crippen LogP contribution >= 0.6 is 0 Å². The van der Waals surface area contributed by atoms with E-state index in [1.807, 2.05) is 13.8 Å². The number of carbonyl (C=O) groups excluding carboxylic acids is 1. The van der Waals surface area contributed by atoms with Gasteiger partial charge in [0.1, 0.15) is 11.9 Å². The molecule has 0 saturated carbocycles. The molecule has 1 aromatic carbocycles. The molecule has 1 aromatic rings. The van der Waals surface area contributed by atoms with Gasteiger partial charge in [0, 0.05) is 0 Å². The van der Waals surface area contributed by atoms with E-state index in [0.717, 1.165) is 0 Å².